The molecular formula is C12H23N3O. The van der Waals surface area contributed by atoms with Gasteiger partial charge in [-0.3, -0.25) is 4.68 Å². The fraction of sp³-hybridized carbons (Fsp3) is 0.750. The van der Waals surface area contributed by atoms with E-state index >= 15 is 0 Å². The summed E-state index contributed by atoms with van der Waals surface area (Å²) in [4.78, 5) is 0. The molecule has 1 aromatic heterocycles. The van der Waals surface area contributed by atoms with Gasteiger partial charge in [0, 0.05) is 30.9 Å². The van der Waals surface area contributed by atoms with Crippen LogP contribution in [-0.2, 0) is 7.05 Å². The third kappa shape index (κ3) is 2.83. The van der Waals surface area contributed by atoms with Gasteiger partial charge in [-0.15, -0.1) is 0 Å². The summed E-state index contributed by atoms with van der Waals surface area (Å²) in [6, 6.07) is 0.231. The number of aromatic nitrogens is 2. The van der Waals surface area contributed by atoms with Gasteiger partial charge in [-0.2, -0.15) is 5.10 Å². The average Bonchev–Trinajstić information content (AvgIpc) is 2.49. The first-order valence-electron chi connectivity index (χ1n) is 5.88. The van der Waals surface area contributed by atoms with E-state index in [1.165, 1.54) is 11.3 Å². The van der Waals surface area contributed by atoms with Gasteiger partial charge in [0.1, 0.15) is 0 Å². The lowest BCUT2D eigenvalue weighted by atomic mass is 10.1. The lowest BCUT2D eigenvalue weighted by Crippen LogP contribution is -2.29. The summed E-state index contributed by atoms with van der Waals surface area (Å²) in [7, 11) is 1.96. The van der Waals surface area contributed by atoms with Gasteiger partial charge in [0.2, 0.25) is 0 Å². The Bertz CT molecular complexity index is 346. The van der Waals surface area contributed by atoms with E-state index in [1.54, 1.807) is 0 Å². The zero-order valence-corrected chi connectivity index (χ0v) is 10.9. The van der Waals surface area contributed by atoms with E-state index in [4.69, 9.17) is 0 Å². The molecule has 0 aliphatic heterocycles. The molecule has 0 saturated heterocycles. The summed E-state index contributed by atoms with van der Waals surface area (Å²) >= 11 is 0. The van der Waals surface area contributed by atoms with E-state index in [0.29, 0.717) is 6.54 Å². The number of nitrogens with one attached hydrogen (secondary N) is 1. The highest BCUT2D eigenvalue weighted by molar-refractivity contribution is 5.27. The van der Waals surface area contributed by atoms with Crippen molar-refractivity contribution in [2.75, 3.05) is 6.54 Å². The van der Waals surface area contributed by atoms with Crippen molar-refractivity contribution in [1.82, 2.24) is 15.1 Å². The molecule has 16 heavy (non-hydrogen) atoms. The van der Waals surface area contributed by atoms with Crippen molar-refractivity contribution in [3.05, 3.63) is 17.0 Å². The lowest BCUT2D eigenvalue weighted by Gasteiger charge is -2.17. The topological polar surface area (TPSA) is 50.1 Å². The van der Waals surface area contributed by atoms with Crippen LogP contribution in [-0.4, -0.2) is 27.5 Å². The van der Waals surface area contributed by atoms with Crippen LogP contribution in [0.1, 0.15) is 43.3 Å². The maximum Gasteiger partial charge on any atom is 0.0662 e. The zero-order valence-electron chi connectivity index (χ0n) is 10.9. The Kier molecular flexibility index (Phi) is 4.50. The van der Waals surface area contributed by atoms with Crippen molar-refractivity contribution in [2.24, 2.45) is 7.05 Å². The predicted molar refractivity (Wildman–Crippen MR) is 65.4 cm³/mol. The molecule has 0 radical (unpaired) electrons. The number of aliphatic hydroxyl groups excluding tert-OH is 1. The van der Waals surface area contributed by atoms with Crippen molar-refractivity contribution in [2.45, 2.75) is 46.3 Å². The van der Waals surface area contributed by atoms with E-state index in [2.05, 4.69) is 24.3 Å². The second-order valence-electron chi connectivity index (χ2n) is 4.40. The lowest BCUT2D eigenvalue weighted by molar-refractivity contribution is 0.163. The van der Waals surface area contributed by atoms with Gasteiger partial charge < -0.3 is 10.4 Å². The predicted octanol–water partition coefficient (Wildman–Crippen LogP) is 1.46. The Morgan fingerprint density at radius 2 is 2.06 bits per heavy atom. The van der Waals surface area contributed by atoms with Gasteiger partial charge in [-0.25, -0.2) is 0 Å². The van der Waals surface area contributed by atoms with E-state index < -0.39 is 0 Å². The summed E-state index contributed by atoms with van der Waals surface area (Å²) in [6.45, 7) is 8.82. The molecule has 0 aliphatic carbocycles. The summed E-state index contributed by atoms with van der Waals surface area (Å²) in [5.41, 5.74) is 3.49. The maximum atomic E-state index is 9.51. The number of hydrogen-bond acceptors (Lipinski definition) is 3. The third-order valence-electron chi connectivity index (χ3n) is 3.13. The average molecular weight is 225 g/mol. The largest absolute Gasteiger partial charge is 0.392 e. The SMILES string of the molecule is CCC(O)CNC(C)c1c(C)nn(C)c1C. The van der Waals surface area contributed by atoms with Crippen LogP contribution in [0.2, 0.25) is 0 Å². The summed E-state index contributed by atoms with van der Waals surface area (Å²) < 4.78 is 1.90. The Labute approximate surface area is 97.7 Å². The van der Waals surface area contributed by atoms with Gasteiger partial charge in [0.05, 0.1) is 11.8 Å². The first-order chi connectivity index (χ1) is 7.47. The second-order valence-corrected chi connectivity index (χ2v) is 4.40. The minimum atomic E-state index is -0.264. The Morgan fingerprint density at radius 3 is 2.50 bits per heavy atom. The molecule has 0 aromatic carbocycles. The molecule has 2 atom stereocenters. The smallest absolute Gasteiger partial charge is 0.0662 e. The van der Waals surface area contributed by atoms with Crippen molar-refractivity contribution >= 4 is 0 Å². The molecule has 2 unspecified atom stereocenters. The van der Waals surface area contributed by atoms with Crippen molar-refractivity contribution in [3.63, 3.8) is 0 Å². The van der Waals surface area contributed by atoms with Gasteiger partial charge in [-0.05, 0) is 27.2 Å². The monoisotopic (exact) mass is 225 g/mol. The van der Waals surface area contributed by atoms with Gasteiger partial charge >= 0.3 is 0 Å². The highest BCUT2D eigenvalue weighted by atomic mass is 16.3. The van der Waals surface area contributed by atoms with Crippen LogP contribution >= 0.6 is 0 Å². The van der Waals surface area contributed by atoms with E-state index in [1.807, 2.05) is 25.6 Å². The van der Waals surface area contributed by atoms with E-state index in [9.17, 15) is 5.11 Å². The number of aliphatic hydroxyl groups is 1. The number of hydrogen-bond donors (Lipinski definition) is 2. The van der Waals surface area contributed by atoms with Crippen LogP contribution in [0.5, 0.6) is 0 Å². The Morgan fingerprint density at radius 1 is 1.44 bits per heavy atom. The van der Waals surface area contributed by atoms with Gasteiger partial charge in [-0.1, -0.05) is 6.92 Å². The molecule has 4 nitrogen and oxygen atoms in total. The van der Waals surface area contributed by atoms with Crippen LogP contribution < -0.4 is 5.32 Å². The molecule has 0 amide bonds. The normalized spacial score (nSPS) is 15.1. The van der Waals surface area contributed by atoms with Crippen LogP contribution in [0.15, 0.2) is 0 Å². The molecule has 0 spiro atoms. The number of rotatable bonds is 5. The molecular weight excluding hydrogens is 202 g/mol. The van der Waals surface area contributed by atoms with Crippen molar-refractivity contribution < 1.29 is 5.11 Å². The molecule has 4 heteroatoms. The first-order valence-corrected chi connectivity index (χ1v) is 5.88. The molecule has 2 N–H and O–H groups in total. The Hall–Kier alpha value is -0.870. The molecule has 1 rings (SSSR count). The number of aryl methyl sites for hydroxylation is 2. The summed E-state index contributed by atoms with van der Waals surface area (Å²) in [5.74, 6) is 0. The summed E-state index contributed by atoms with van der Waals surface area (Å²) in [5, 5.41) is 17.2. The minimum Gasteiger partial charge on any atom is -0.392 e. The van der Waals surface area contributed by atoms with Gasteiger partial charge in [0.25, 0.3) is 0 Å². The minimum absolute atomic E-state index is 0.231. The highest BCUT2D eigenvalue weighted by Crippen LogP contribution is 2.20. The quantitative estimate of drug-likeness (QED) is 0.797. The maximum absolute atomic E-state index is 9.51. The van der Waals surface area contributed by atoms with Crippen LogP contribution in [0.3, 0.4) is 0 Å². The van der Waals surface area contributed by atoms with E-state index in [0.717, 1.165) is 12.1 Å². The molecule has 0 fully saturated rings. The van der Waals surface area contributed by atoms with Crippen LogP contribution in [0.25, 0.3) is 0 Å². The molecule has 92 valence electrons. The standard InChI is InChI=1S/C12H23N3O/c1-6-11(16)7-13-8(2)12-9(3)14-15(5)10(12)4/h8,11,13,16H,6-7H2,1-5H3. The third-order valence-corrected chi connectivity index (χ3v) is 3.13. The second kappa shape index (κ2) is 5.46. The molecule has 1 aromatic rings. The van der Waals surface area contributed by atoms with Gasteiger partial charge in [0.15, 0.2) is 0 Å². The molecule has 0 bridgehead atoms. The fourth-order valence-electron chi connectivity index (χ4n) is 1.98. The Balaban J connectivity index is 2.69. The molecule has 0 saturated carbocycles. The van der Waals surface area contributed by atoms with Crippen LogP contribution in [0, 0.1) is 13.8 Å². The zero-order chi connectivity index (χ0) is 12.3. The first kappa shape index (κ1) is 13.2. The van der Waals surface area contributed by atoms with Crippen molar-refractivity contribution in [1.29, 1.82) is 0 Å². The highest BCUT2D eigenvalue weighted by Gasteiger charge is 2.16. The van der Waals surface area contributed by atoms with E-state index in [-0.39, 0.29) is 12.1 Å². The fourth-order valence-corrected chi connectivity index (χ4v) is 1.98. The van der Waals surface area contributed by atoms with Crippen molar-refractivity contribution in [3.8, 4) is 0 Å². The van der Waals surface area contributed by atoms with Crippen LogP contribution in [0.4, 0.5) is 0 Å². The molecule has 0 aliphatic rings. The molecule has 1 heterocycles. The number of nitrogens with zero attached hydrogens (tertiary/aromatic N) is 2. The summed E-state index contributed by atoms with van der Waals surface area (Å²) in [6.07, 6.45) is 0.518.